The van der Waals surface area contributed by atoms with Crippen LogP contribution in [0.3, 0.4) is 0 Å². The number of hydrogen-bond acceptors (Lipinski definition) is 6. The molecule has 0 heterocycles. The lowest BCUT2D eigenvalue weighted by molar-refractivity contribution is -0.143. The minimum Gasteiger partial charge on any atom is -0.465 e. The van der Waals surface area contributed by atoms with Crippen LogP contribution < -0.4 is 16.0 Å². The summed E-state index contributed by atoms with van der Waals surface area (Å²) in [4.78, 5) is 50.8. The highest BCUT2D eigenvalue weighted by Gasteiger charge is 2.43. The van der Waals surface area contributed by atoms with E-state index in [1.807, 2.05) is 78.9 Å². The molecular formula is C30H31N3O6. The van der Waals surface area contributed by atoms with Crippen LogP contribution in [0.1, 0.15) is 23.6 Å². The van der Waals surface area contributed by atoms with Crippen molar-refractivity contribution in [3.63, 3.8) is 0 Å². The summed E-state index contributed by atoms with van der Waals surface area (Å²) in [7, 11) is 0. The third-order valence-corrected chi connectivity index (χ3v) is 6.44. The standard InChI is InChI=1S/C30H31N3O6/c1-2-38-27(35)19-31-26(34)18-32-28(36)30(33-29(37)39-20-21-10-4-3-5-11-21)16-22-12-6-8-14-24(22)25-15-9-7-13-23(25)17-30/h3-15H,2,16-20H2,1H3,(H,31,34)(H,32,36)(H,33,37). The van der Waals surface area contributed by atoms with Crippen molar-refractivity contribution in [2.45, 2.75) is 31.9 Å². The summed E-state index contributed by atoms with van der Waals surface area (Å²) in [6, 6.07) is 24.7. The molecule has 0 radical (unpaired) electrons. The lowest BCUT2D eigenvalue weighted by Crippen LogP contribution is -2.62. The number of carbonyl (C=O) groups is 4. The molecule has 0 aliphatic heterocycles. The summed E-state index contributed by atoms with van der Waals surface area (Å²) >= 11 is 0. The fraction of sp³-hybridized carbons (Fsp3) is 0.267. The van der Waals surface area contributed by atoms with E-state index in [1.54, 1.807) is 6.92 Å². The molecule has 3 aromatic rings. The molecule has 0 saturated carbocycles. The Labute approximate surface area is 226 Å². The second-order valence-corrected chi connectivity index (χ2v) is 9.20. The maximum Gasteiger partial charge on any atom is 0.408 e. The Kier molecular flexibility index (Phi) is 8.94. The Bertz CT molecular complexity index is 1290. The van der Waals surface area contributed by atoms with Crippen LogP contribution in [0.15, 0.2) is 78.9 Å². The lowest BCUT2D eigenvalue weighted by atomic mass is 9.85. The first-order chi connectivity index (χ1) is 18.9. The SMILES string of the molecule is CCOC(=O)CNC(=O)CNC(=O)C1(NC(=O)OCc2ccccc2)Cc2ccccc2-c2ccccc2C1. The van der Waals surface area contributed by atoms with Crippen molar-refractivity contribution in [3.8, 4) is 11.1 Å². The summed E-state index contributed by atoms with van der Waals surface area (Å²) in [6.07, 6.45) is -0.402. The van der Waals surface area contributed by atoms with E-state index in [9.17, 15) is 19.2 Å². The second kappa shape index (κ2) is 12.7. The Morgan fingerprint density at radius 1 is 0.744 bits per heavy atom. The van der Waals surface area contributed by atoms with Crippen LogP contribution in [-0.4, -0.2) is 49.1 Å². The van der Waals surface area contributed by atoms with E-state index in [0.29, 0.717) is 0 Å². The Morgan fingerprint density at radius 3 is 1.95 bits per heavy atom. The van der Waals surface area contributed by atoms with E-state index in [4.69, 9.17) is 9.47 Å². The quantitative estimate of drug-likeness (QED) is 0.367. The maximum absolute atomic E-state index is 13.8. The van der Waals surface area contributed by atoms with Gasteiger partial charge in [0.15, 0.2) is 0 Å². The summed E-state index contributed by atoms with van der Waals surface area (Å²) in [5.74, 6) is -1.68. The van der Waals surface area contributed by atoms with Gasteiger partial charge in [-0.25, -0.2) is 4.79 Å². The highest BCUT2D eigenvalue weighted by molar-refractivity contribution is 5.95. The van der Waals surface area contributed by atoms with E-state index < -0.39 is 29.4 Å². The molecule has 3 amide bonds. The Balaban J connectivity index is 1.57. The van der Waals surface area contributed by atoms with Crippen LogP contribution in [-0.2, 0) is 43.3 Å². The molecule has 4 rings (SSSR count). The minimum absolute atomic E-state index is 0.0355. The summed E-state index contributed by atoms with van der Waals surface area (Å²) < 4.78 is 10.3. The maximum atomic E-state index is 13.8. The number of nitrogens with one attached hydrogen (secondary N) is 3. The van der Waals surface area contributed by atoms with E-state index in [0.717, 1.165) is 27.8 Å². The third kappa shape index (κ3) is 7.01. The van der Waals surface area contributed by atoms with E-state index in [2.05, 4.69) is 16.0 Å². The molecule has 39 heavy (non-hydrogen) atoms. The van der Waals surface area contributed by atoms with Gasteiger partial charge in [0.1, 0.15) is 18.7 Å². The monoisotopic (exact) mass is 529 g/mol. The van der Waals surface area contributed by atoms with Gasteiger partial charge in [0, 0.05) is 12.8 Å². The van der Waals surface area contributed by atoms with Crippen molar-refractivity contribution < 1.29 is 28.7 Å². The molecule has 0 saturated heterocycles. The number of rotatable bonds is 9. The fourth-order valence-electron chi connectivity index (χ4n) is 4.62. The largest absolute Gasteiger partial charge is 0.465 e. The van der Waals surface area contributed by atoms with Crippen LogP contribution >= 0.6 is 0 Å². The number of benzene rings is 3. The van der Waals surface area contributed by atoms with Crippen LogP contribution in [0.25, 0.3) is 11.1 Å². The number of carbonyl (C=O) groups excluding carboxylic acids is 4. The van der Waals surface area contributed by atoms with Gasteiger partial charge in [-0.15, -0.1) is 0 Å². The molecule has 0 fully saturated rings. The molecular weight excluding hydrogens is 498 g/mol. The molecule has 3 N–H and O–H groups in total. The number of alkyl carbamates (subject to hydrolysis) is 1. The zero-order chi connectivity index (χ0) is 27.7. The molecule has 0 bridgehead atoms. The first-order valence-electron chi connectivity index (χ1n) is 12.8. The zero-order valence-corrected chi connectivity index (χ0v) is 21.7. The van der Waals surface area contributed by atoms with Gasteiger partial charge < -0.3 is 25.4 Å². The minimum atomic E-state index is -1.45. The molecule has 0 aromatic heterocycles. The molecule has 1 aliphatic carbocycles. The first kappa shape index (κ1) is 27.4. The molecule has 202 valence electrons. The van der Waals surface area contributed by atoms with Crippen molar-refractivity contribution in [1.82, 2.24) is 16.0 Å². The zero-order valence-electron chi connectivity index (χ0n) is 21.7. The lowest BCUT2D eigenvalue weighted by Gasteiger charge is -2.32. The summed E-state index contributed by atoms with van der Waals surface area (Å²) in [6.45, 7) is 1.21. The van der Waals surface area contributed by atoms with Crippen molar-refractivity contribution >= 4 is 23.9 Å². The van der Waals surface area contributed by atoms with Gasteiger partial charge in [-0.3, -0.25) is 14.4 Å². The Hall–Kier alpha value is -4.66. The second-order valence-electron chi connectivity index (χ2n) is 9.20. The molecule has 0 atom stereocenters. The number of fused-ring (bicyclic) bond motifs is 3. The number of hydrogen-bond donors (Lipinski definition) is 3. The van der Waals surface area contributed by atoms with Gasteiger partial charge >= 0.3 is 12.1 Å². The molecule has 0 spiro atoms. The average molecular weight is 530 g/mol. The molecule has 3 aromatic carbocycles. The fourth-order valence-corrected chi connectivity index (χ4v) is 4.62. The van der Waals surface area contributed by atoms with Crippen molar-refractivity contribution in [3.05, 3.63) is 95.6 Å². The van der Waals surface area contributed by atoms with E-state index >= 15 is 0 Å². The third-order valence-electron chi connectivity index (χ3n) is 6.44. The van der Waals surface area contributed by atoms with Gasteiger partial charge in [-0.2, -0.15) is 0 Å². The van der Waals surface area contributed by atoms with Crippen molar-refractivity contribution in [1.29, 1.82) is 0 Å². The molecule has 9 heteroatoms. The van der Waals surface area contributed by atoms with E-state index in [-0.39, 0.29) is 39.1 Å². The number of amides is 3. The van der Waals surface area contributed by atoms with Crippen LogP contribution in [0.4, 0.5) is 4.79 Å². The number of ether oxygens (including phenoxy) is 2. The normalized spacial score (nSPS) is 13.1. The number of esters is 1. The predicted molar refractivity (Wildman–Crippen MR) is 144 cm³/mol. The van der Waals surface area contributed by atoms with Gasteiger partial charge in [0.05, 0.1) is 13.2 Å². The van der Waals surface area contributed by atoms with Gasteiger partial charge in [0.2, 0.25) is 11.8 Å². The molecule has 9 nitrogen and oxygen atoms in total. The van der Waals surface area contributed by atoms with Gasteiger partial charge in [-0.05, 0) is 34.7 Å². The smallest absolute Gasteiger partial charge is 0.408 e. The molecule has 0 unspecified atom stereocenters. The topological polar surface area (TPSA) is 123 Å². The highest BCUT2D eigenvalue weighted by atomic mass is 16.5. The van der Waals surface area contributed by atoms with Crippen LogP contribution in [0.5, 0.6) is 0 Å². The predicted octanol–water partition coefficient (Wildman–Crippen LogP) is 2.91. The first-order valence-corrected chi connectivity index (χ1v) is 12.8. The summed E-state index contributed by atoms with van der Waals surface area (Å²) in [5.41, 5.74) is 3.03. The summed E-state index contributed by atoms with van der Waals surface area (Å²) in [5, 5.41) is 7.90. The van der Waals surface area contributed by atoms with Gasteiger partial charge in [-0.1, -0.05) is 78.9 Å². The van der Waals surface area contributed by atoms with Crippen LogP contribution in [0, 0.1) is 0 Å². The van der Waals surface area contributed by atoms with Crippen molar-refractivity contribution in [2.75, 3.05) is 19.7 Å². The van der Waals surface area contributed by atoms with E-state index in [1.165, 1.54) is 0 Å². The van der Waals surface area contributed by atoms with Crippen LogP contribution in [0.2, 0.25) is 0 Å². The molecule has 1 aliphatic rings. The van der Waals surface area contributed by atoms with Crippen molar-refractivity contribution in [2.24, 2.45) is 0 Å². The Morgan fingerprint density at radius 2 is 1.33 bits per heavy atom. The highest BCUT2D eigenvalue weighted by Crippen LogP contribution is 2.36. The van der Waals surface area contributed by atoms with Gasteiger partial charge in [0.25, 0.3) is 0 Å². The average Bonchev–Trinajstić information content (AvgIpc) is 3.09.